The van der Waals surface area contributed by atoms with Crippen LogP contribution in [0, 0.1) is 5.92 Å². The van der Waals surface area contributed by atoms with E-state index in [9.17, 15) is 0 Å². The molecule has 0 saturated heterocycles. The lowest BCUT2D eigenvalue weighted by atomic mass is 10.0. The molecule has 0 radical (unpaired) electrons. The normalized spacial score (nSPS) is 11.4. The Morgan fingerprint density at radius 2 is 1.05 bits per heavy atom. The van der Waals surface area contributed by atoms with Gasteiger partial charge in [0.05, 0.1) is 0 Å². The molecule has 21 heavy (non-hydrogen) atoms. The molecule has 0 spiro atoms. The number of nitrogens with one attached hydrogen (secondary N) is 1. The lowest BCUT2D eigenvalue weighted by Gasteiger charge is -2.05. The van der Waals surface area contributed by atoms with Gasteiger partial charge in [-0.3, -0.25) is 0 Å². The zero-order valence-corrected chi connectivity index (χ0v) is 15.0. The quantitative estimate of drug-likeness (QED) is 0.359. The lowest BCUT2D eigenvalue weighted by Crippen LogP contribution is -2.23. The van der Waals surface area contributed by atoms with Crippen molar-refractivity contribution in [2.75, 3.05) is 19.6 Å². The first-order chi connectivity index (χ1) is 10.3. The molecule has 128 valence electrons. The Morgan fingerprint density at radius 1 is 0.619 bits per heavy atom. The highest BCUT2D eigenvalue weighted by atomic mass is 14.9. The molecule has 0 aliphatic carbocycles. The van der Waals surface area contributed by atoms with E-state index in [1.54, 1.807) is 0 Å². The Morgan fingerprint density at radius 3 is 1.48 bits per heavy atom. The van der Waals surface area contributed by atoms with Crippen molar-refractivity contribution >= 4 is 0 Å². The second kappa shape index (κ2) is 18.0. The smallest absolute Gasteiger partial charge is 0.00745 e. The highest BCUT2D eigenvalue weighted by Crippen LogP contribution is 2.13. The van der Waals surface area contributed by atoms with Crippen molar-refractivity contribution in [2.45, 2.75) is 97.3 Å². The molecule has 0 aliphatic heterocycles. The van der Waals surface area contributed by atoms with Crippen LogP contribution in [0.3, 0.4) is 0 Å². The van der Waals surface area contributed by atoms with Crippen molar-refractivity contribution in [1.29, 1.82) is 0 Å². The highest BCUT2D eigenvalue weighted by Gasteiger charge is 1.95. The fourth-order valence-electron chi connectivity index (χ4n) is 2.80. The van der Waals surface area contributed by atoms with Gasteiger partial charge in [-0.2, -0.15) is 0 Å². The van der Waals surface area contributed by atoms with Crippen LogP contribution in [0.1, 0.15) is 97.3 Å². The van der Waals surface area contributed by atoms with Crippen molar-refractivity contribution in [3.63, 3.8) is 0 Å². The summed E-state index contributed by atoms with van der Waals surface area (Å²) in [4.78, 5) is 0. The van der Waals surface area contributed by atoms with Crippen molar-refractivity contribution in [1.82, 2.24) is 5.32 Å². The number of hydrogen-bond acceptors (Lipinski definition) is 2. The molecule has 0 unspecified atom stereocenters. The molecule has 0 aromatic carbocycles. The van der Waals surface area contributed by atoms with Gasteiger partial charge in [-0.15, -0.1) is 0 Å². The van der Waals surface area contributed by atoms with E-state index in [4.69, 9.17) is 5.73 Å². The van der Waals surface area contributed by atoms with Gasteiger partial charge in [-0.1, -0.05) is 90.9 Å². The van der Waals surface area contributed by atoms with Gasteiger partial charge in [0.25, 0.3) is 0 Å². The molecule has 0 aromatic rings. The molecule has 0 aromatic heterocycles. The molecular weight excluding hydrogens is 256 g/mol. The van der Waals surface area contributed by atoms with Crippen LogP contribution in [-0.4, -0.2) is 19.6 Å². The van der Waals surface area contributed by atoms with Crippen molar-refractivity contribution in [3.05, 3.63) is 0 Å². The van der Waals surface area contributed by atoms with E-state index in [0.29, 0.717) is 0 Å². The second-order valence-corrected chi connectivity index (χ2v) is 6.96. The number of unbranched alkanes of at least 4 members (excludes halogenated alkanes) is 11. The number of nitrogens with two attached hydrogens (primary N) is 1. The van der Waals surface area contributed by atoms with Crippen LogP contribution in [0.5, 0.6) is 0 Å². The first-order valence-electron chi connectivity index (χ1n) is 9.68. The van der Waals surface area contributed by atoms with E-state index in [-0.39, 0.29) is 0 Å². The third-order valence-electron chi connectivity index (χ3n) is 4.21. The monoisotopic (exact) mass is 298 g/mol. The zero-order valence-electron chi connectivity index (χ0n) is 15.0. The fraction of sp³-hybridized carbons (Fsp3) is 1.00. The van der Waals surface area contributed by atoms with Gasteiger partial charge < -0.3 is 11.1 Å². The molecule has 0 aliphatic rings. The molecular formula is C19H42N2. The summed E-state index contributed by atoms with van der Waals surface area (Å²) < 4.78 is 0. The summed E-state index contributed by atoms with van der Waals surface area (Å²) >= 11 is 0. The molecule has 0 saturated carbocycles. The standard InChI is InChI=1S/C19H42N2/c1-19(2)15-13-11-9-7-5-3-4-6-8-10-12-14-17-21-18-16-20/h19,21H,3-18,20H2,1-2H3. The summed E-state index contributed by atoms with van der Waals surface area (Å²) in [7, 11) is 0. The minimum absolute atomic E-state index is 0.762. The topological polar surface area (TPSA) is 38.0 Å². The highest BCUT2D eigenvalue weighted by molar-refractivity contribution is 4.52. The molecule has 0 heterocycles. The Balaban J connectivity index is 2.93. The minimum atomic E-state index is 0.762. The fourth-order valence-corrected chi connectivity index (χ4v) is 2.80. The molecule has 2 nitrogen and oxygen atoms in total. The van der Waals surface area contributed by atoms with Gasteiger partial charge in [0, 0.05) is 13.1 Å². The zero-order chi connectivity index (χ0) is 15.6. The predicted octanol–water partition coefficient (Wildman–Crippen LogP) is 5.26. The third kappa shape index (κ3) is 19.9. The van der Waals surface area contributed by atoms with Crippen molar-refractivity contribution in [3.8, 4) is 0 Å². The van der Waals surface area contributed by atoms with E-state index in [0.717, 1.165) is 25.6 Å². The average molecular weight is 299 g/mol. The van der Waals surface area contributed by atoms with E-state index in [1.807, 2.05) is 0 Å². The SMILES string of the molecule is CC(C)CCCCCCCCCCCCCCNCCN. The Labute approximate surface area is 134 Å². The first-order valence-corrected chi connectivity index (χ1v) is 9.68. The Bertz CT molecular complexity index is 180. The van der Waals surface area contributed by atoms with Gasteiger partial charge in [-0.25, -0.2) is 0 Å². The molecule has 0 amide bonds. The van der Waals surface area contributed by atoms with Crippen LogP contribution in [0.25, 0.3) is 0 Å². The summed E-state index contributed by atoms with van der Waals surface area (Å²) in [6, 6.07) is 0. The Kier molecular flexibility index (Phi) is 17.9. The summed E-state index contributed by atoms with van der Waals surface area (Å²) in [5, 5.41) is 3.36. The maximum Gasteiger partial charge on any atom is 0.00745 e. The summed E-state index contributed by atoms with van der Waals surface area (Å²) in [6.07, 6.45) is 18.6. The van der Waals surface area contributed by atoms with Crippen LogP contribution in [0.2, 0.25) is 0 Å². The van der Waals surface area contributed by atoms with Gasteiger partial charge >= 0.3 is 0 Å². The largest absolute Gasteiger partial charge is 0.329 e. The molecule has 2 heteroatoms. The summed E-state index contributed by atoms with van der Waals surface area (Å²) in [5.41, 5.74) is 5.43. The van der Waals surface area contributed by atoms with E-state index >= 15 is 0 Å². The molecule has 0 bridgehead atoms. The van der Waals surface area contributed by atoms with Crippen LogP contribution < -0.4 is 11.1 Å². The first kappa shape index (κ1) is 20.9. The predicted molar refractivity (Wildman–Crippen MR) is 96.8 cm³/mol. The van der Waals surface area contributed by atoms with Crippen LogP contribution >= 0.6 is 0 Å². The lowest BCUT2D eigenvalue weighted by molar-refractivity contribution is 0.502. The number of rotatable bonds is 17. The second-order valence-electron chi connectivity index (χ2n) is 6.96. The van der Waals surface area contributed by atoms with Crippen LogP contribution in [0.15, 0.2) is 0 Å². The molecule has 0 rings (SSSR count). The van der Waals surface area contributed by atoms with Gasteiger partial charge in [0.1, 0.15) is 0 Å². The Hall–Kier alpha value is -0.0800. The maximum absolute atomic E-state index is 5.43. The molecule has 3 N–H and O–H groups in total. The van der Waals surface area contributed by atoms with E-state index < -0.39 is 0 Å². The minimum Gasteiger partial charge on any atom is -0.329 e. The van der Waals surface area contributed by atoms with Crippen molar-refractivity contribution in [2.24, 2.45) is 11.7 Å². The molecule has 0 atom stereocenters. The number of hydrogen-bond donors (Lipinski definition) is 2. The van der Waals surface area contributed by atoms with Gasteiger partial charge in [-0.05, 0) is 18.9 Å². The summed E-state index contributed by atoms with van der Waals surface area (Å²) in [6.45, 7) is 7.54. The van der Waals surface area contributed by atoms with Gasteiger partial charge in [0.2, 0.25) is 0 Å². The maximum atomic E-state index is 5.43. The van der Waals surface area contributed by atoms with Crippen molar-refractivity contribution < 1.29 is 0 Å². The van der Waals surface area contributed by atoms with Crippen LogP contribution in [-0.2, 0) is 0 Å². The van der Waals surface area contributed by atoms with E-state index in [2.05, 4.69) is 19.2 Å². The van der Waals surface area contributed by atoms with Crippen LogP contribution in [0.4, 0.5) is 0 Å². The van der Waals surface area contributed by atoms with E-state index in [1.165, 1.54) is 83.5 Å². The summed E-state index contributed by atoms with van der Waals surface area (Å²) in [5.74, 6) is 0.890. The average Bonchev–Trinajstić information content (AvgIpc) is 2.46. The van der Waals surface area contributed by atoms with Gasteiger partial charge in [0.15, 0.2) is 0 Å². The third-order valence-corrected chi connectivity index (χ3v) is 4.21. The molecule has 0 fully saturated rings.